The lowest BCUT2D eigenvalue weighted by molar-refractivity contribution is -0.129. The van der Waals surface area contributed by atoms with Crippen LogP contribution in [0.3, 0.4) is 0 Å². The molecule has 0 unspecified atom stereocenters. The average Bonchev–Trinajstić information content (AvgIpc) is 2.82. The number of aromatic nitrogens is 2. The monoisotopic (exact) mass is 269 g/mol. The number of carbonyl (C=O) groups excluding carboxylic acids is 1. The largest absolute Gasteiger partial charge is 0.416 e. The van der Waals surface area contributed by atoms with E-state index in [4.69, 9.17) is 4.42 Å². The van der Waals surface area contributed by atoms with Gasteiger partial charge in [0.2, 0.25) is 11.8 Å². The van der Waals surface area contributed by atoms with E-state index in [1.165, 1.54) is 31.0 Å². The Labute approximate surface area is 111 Å². The Morgan fingerprint density at radius 3 is 2.72 bits per heavy atom. The van der Waals surface area contributed by atoms with Gasteiger partial charge in [0.25, 0.3) is 5.22 Å². The van der Waals surface area contributed by atoms with Gasteiger partial charge in [0.15, 0.2) is 0 Å². The first-order chi connectivity index (χ1) is 8.66. The van der Waals surface area contributed by atoms with Crippen LogP contribution in [0.4, 0.5) is 0 Å². The minimum Gasteiger partial charge on any atom is -0.416 e. The summed E-state index contributed by atoms with van der Waals surface area (Å²) in [5.74, 6) is 1.04. The van der Waals surface area contributed by atoms with Gasteiger partial charge in [-0.05, 0) is 12.8 Å². The zero-order chi connectivity index (χ0) is 13.0. The molecule has 1 heterocycles. The summed E-state index contributed by atoms with van der Waals surface area (Å²) in [5, 5.41) is 8.07. The van der Waals surface area contributed by atoms with E-state index in [2.05, 4.69) is 10.2 Å². The Balaban J connectivity index is 1.79. The molecule has 0 aromatic carbocycles. The molecule has 5 nitrogen and oxygen atoms in total. The van der Waals surface area contributed by atoms with Crippen molar-refractivity contribution in [3.05, 3.63) is 5.89 Å². The van der Waals surface area contributed by atoms with Crippen molar-refractivity contribution < 1.29 is 9.21 Å². The molecule has 1 saturated carbocycles. The quantitative estimate of drug-likeness (QED) is 0.785. The molecule has 1 aliphatic rings. The first kappa shape index (κ1) is 13.4. The molecule has 1 aliphatic carbocycles. The first-order valence-electron chi connectivity index (χ1n) is 6.35. The van der Waals surface area contributed by atoms with Crippen LogP contribution in [-0.4, -0.2) is 39.8 Å². The summed E-state index contributed by atoms with van der Waals surface area (Å²) in [4.78, 5) is 13.9. The van der Waals surface area contributed by atoms with Gasteiger partial charge >= 0.3 is 0 Å². The standard InChI is InChI=1S/C12H19N3O2S/c1-9-13-14-12(17-9)18-8-11(16)15(2)10-6-4-3-5-7-10/h10H,3-8H2,1-2H3. The van der Waals surface area contributed by atoms with E-state index >= 15 is 0 Å². The zero-order valence-corrected chi connectivity index (χ0v) is 11.7. The Kier molecular flexibility index (Phi) is 4.63. The van der Waals surface area contributed by atoms with Crippen molar-refractivity contribution >= 4 is 17.7 Å². The van der Waals surface area contributed by atoms with Crippen molar-refractivity contribution in [2.24, 2.45) is 0 Å². The van der Waals surface area contributed by atoms with Gasteiger partial charge in [0.1, 0.15) is 0 Å². The van der Waals surface area contributed by atoms with Gasteiger partial charge < -0.3 is 9.32 Å². The molecule has 0 saturated heterocycles. The molecule has 2 rings (SSSR count). The lowest BCUT2D eigenvalue weighted by Gasteiger charge is -2.31. The minimum atomic E-state index is 0.141. The Morgan fingerprint density at radius 1 is 1.39 bits per heavy atom. The zero-order valence-electron chi connectivity index (χ0n) is 10.9. The van der Waals surface area contributed by atoms with Crippen molar-refractivity contribution in [1.82, 2.24) is 15.1 Å². The Bertz CT molecular complexity index is 402. The second kappa shape index (κ2) is 6.22. The van der Waals surface area contributed by atoms with Gasteiger partial charge in [0, 0.05) is 20.0 Å². The number of rotatable bonds is 4. The van der Waals surface area contributed by atoms with Crippen molar-refractivity contribution in [3.8, 4) is 0 Å². The summed E-state index contributed by atoms with van der Waals surface area (Å²) in [5.41, 5.74) is 0. The van der Waals surface area contributed by atoms with Gasteiger partial charge in [-0.25, -0.2) is 0 Å². The maximum atomic E-state index is 12.0. The van der Waals surface area contributed by atoms with Gasteiger partial charge in [-0.2, -0.15) is 0 Å². The van der Waals surface area contributed by atoms with Crippen LogP contribution in [0.25, 0.3) is 0 Å². The van der Waals surface area contributed by atoms with Crippen LogP contribution in [0.15, 0.2) is 9.64 Å². The maximum absolute atomic E-state index is 12.0. The van der Waals surface area contributed by atoms with E-state index in [-0.39, 0.29) is 5.91 Å². The van der Waals surface area contributed by atoms with Crippen LogP contribution < -0.4 is 0 Å². The number of hydrogen-bond acceptors (Lipinski definition) is 5. The summed E-state index contributed by atoms with van der Waals surface area (Å²) in [6.45, 7) is 1.74. The molecule has 18 heavy (non-hydrogen) atoms. The van der Waals surface area contributed by atoms with E-state index in [1.54, 1.807) is 6.92 Å². The molecule has 1 fully saturated rings. The van der Waals surface area contributed by atoms with Crippen LogP contribution in [0, 0.1) is 6.92 Å². The lowest BCUT2D eigenvalue weighted by Crippen LogP contribution is -2.39. The average molecular weight is 269 g/mol. The third-order valence-corrected chi connectivity index (χ3v) is 4.15. The van der Waals surface area contributed by atoms with Crippen molar-refractivity contribution in [2.75, 3.05) is 12.8 Å². The number of carbonyl (C=O) groups is 1. The highest BCUT2D eigenvalue weighted by molar-refractivity contribution is 7.99. The molecule has 0 spiro atoms. The van der Waals surface area contributed by atoms with Gasteiger partial charge in [-0.3, -0.25) is 4.79 Å². The van der Waals surface area contributed by atoms with Crippen molar-refractivity contribution in [1.29, 1.82) is 0 Å². The molecule has 0 radical (unpaired) electrons. The van der Waals surface area contributed by atoms with E-state index in [9.17, 15) is 4.79 Å². The molecule has 1 aromatic rings. The second-order valence-electron chi connectivity index (χ2n) is 4.67. The van der Waals surface area contributed by atoms with Crippen LogP contribution in [0.5, 0.6) is 0 Å². The summed E-state index contributed by atoms with van der Waals surface area (Å²) in [6, 6.07) is 0.413. The molecule has 1 amide bonds. The lowest BCUT2D eigenvalue weighted by atomic mass is 9.94. The van der Waals surface area contributed by atoms with Gasteiger partial charge in [-0.1, -0.05) is 31.0 Å². The molecule has 100 valence electrons. The van der Waals surface area contributed by atoms with Crippen LogP contribution in [-0.2, 0) is 4.79 Å². The van der Waals surface area contributed by atoms with Crippen LogP contribution in [0.2, 0.25) is 0 Å². The van der Waals surface area contributed by atoms with Crippen LogP contribution in [0.1, 0.15) is 38.0 Å². The van der Waals surface area contributed by atoms with Gasteiger partial charge in [-0.15, -0.1) is 10.2 Å². The number of aryl methyl sites for hydroxylation is 1. The predicted octanol–water partition coefficient (Wildman–Crippen LogP) is 2.26. The van der Waals surface area contributed by atoms with E-state index in [1.807, 2.05) is 11.9 Å². The fourth-order valence-corrected chi connectivity index (χ4v) is 2.96. The highest BCUT2D eigenvalue weighted by Gasteiger charge is 2.22. The number of hydrogen-bond donors (Lipinski definition) is 0. The number of nitrogens with zero attached hydrogens (tertiary/aromatic N) is 3. The van der Waals surface area contributed by atoms with Crippen molar-refractivity contribution in [3.63, 3.8) is 0 Å². The third kappa shape index (κ3) is 3.48. The number of thioether (sulfide) groups is 1. The molecule has 0 N–H and O–H groups in total. The molecule has 6 heteroatoms. The fraction of sp³-hybridized carbons (Fsp3) is 0.750. The molecule has 0 atom stereocenters. The highest BCUT2D eigenvalue weighted by Crippen LogP contribution is 2.23. The third-order valence-electron chi connectivity index (χ3n) is 3.34. The van der Waals surface area contributed by atoms with E-state index in [0.29, 0.717) is 22.9 Å². The first-order valence-corrected chi connectivity index (χ1v) is 7.34. The van der Waals surface area contributed by atoms with E-state index < -0.39 is 0 Å². The summed E-state index contributed by atoms with van der Waals surface area (Å²) in [6.07, 6.45) is 6.03. The molecule has 0 aliphatic heterocycles. The molecular formula is C12H19N3O2S. The van der Waals surface area contributed by atoms with Gasteiger partial charge in [0.05, 0.1) is 5.75 Å². The summed E-state index contributed by atoms with van der Waals surface area (Å²) in [7, 11) is 1.90. The highest BCUT2D eigenvalue weighted by atomic mass is 32.2. The smallest absolute Gasteiger partial charge is 0.277 e. The van der Waals surface area contributed by atoms with Crippen molar-refractivity contribution in [2.45, 2.75) is 50.3 Å². The Morgan fingerprint density at radius 2 is 2.11 bits per heavy atom. The maximum Gasteiger partial charge on any atom is 0.277 e. The van der Waals surface area contributed by atoms with Crippen LogP contribution >= 0.6 is 11.8 Å². The molecular weight excluding hydrogens is 250 g/mol. The molecule has 0 bridgehead atoms. The number of amides is 1. The predicted molar refractivity (Wildman–Crippen MR) is 69.4 cm³/mol. The topological polar surface area (TPSA) is 59.2 Å². The second-order valence-corrected chi connectivity index (χ2v) is 5.60. The summed E-state index contributed by atoms with van der Waals surface area (Å²) < 4.78 is 5.23. The summed E-state index contributed by atoms with van der Waals surface area (Å²) >= 11 is 1.31. The van der Waals surface area contributed by atoms with E-state index in [0.717, 1.165) is 12.8 Å². The minimum absolute atomic E-state index is 0.141. The molecule has 1 aromatic heterocycles. The normalized spacial score (nSPS) is 16.8. The Hall–Kier alpha value is -1.04. The SMILES string of the molecule is Cc1nnc(SCC(=O)N(C)C2CCCCC2)o1. The fourth-order valence-electron chi connectivity index (χ4n) is 2.23.